The van der Waals surface area contributed by atoms with Gasteiger partial charge in [-0.3, -0.25) is 20.4 Å². The maximum atomic E-state index is 12.0. The van der Waals surface area contributed by atoms with E-state index in [1.54, 1.807) is 23.5 Å². The van der Waals surface area contributed by atoms with E-state index in [9.17, 15) is 9.59 Å². The number of thiophene rings is 1. The zero-order chi connectivity index (χ0) is 18.7. The number of hydrogen-bond donors (Lipinski definition) is 2. The molecule has 0 saturated heterocycles. The Bertz CT molecular complexity index is 967. The summed E-state index contributed by atoms with van der Waals surface area (Å²) < 4.78 is 0. The van der Waals surface area contributed by atoms with Crippen LogP contribution in [0.3, 0.4) is 0 Å². The molecule has 26 heavy (non-hydrogen) atoms. The van der Waals surface area contributed by atoms with Gasteiger partial charge < -0.3 is 0 Å². The van der Waals surface area contributed by atoms with Crippen molar-refractivity contribution < 1.29 is 9.59 Å². The monoisotopic (exact) mass is 386 g/mol. The van der Waals surface area contributed by atoms with Crippen LogP contribution in [0.4, 0.5) is 0 Å². The van der Waals surface area contributed by atoms with E-state index in [2.05, 4.69) is 20.8 Å². The molecule has 0 fully saturated rings. The molecule has 0 radical (unpaired) electrons. The summed E-state index contributed by atoms with van der Waals surface area (Å²) in [6, 6.07) is 7.12. The lowest BCUT2D eigenvalue weighted by Gasteiger charge is -2.08. The average Bonchev–Trinajstić information content (AvgIpc) is 2.93. The molecular weight excluding hydrogens is 368 g/mol. The Labute approximate surface area is 159 Å². The molecule has 2 aromatic heterocycles. The lowest BCUT2D eigenvalue weighted by atomic mass is 10.1. The van der Waals surface area contributed by atoms with Crippen LogP contribution in [0, 0.1) is 20.8 Å². The van der Waals surface area contributed by atoms with Crippen molar-refractivity contribution in [3.8, 4) is 0 Å². The van der Waals surface area contributed by atoms with Crippen molar-refractivity contribution in [3.63, 3.8) is 0 Å². The molecule has 6 nitrogen and oxygen atoms in total. The third-order valence-electron chi connectivity index (χ3n) is 3.90. The molecule has 1 aromatic carbocycles. The van der Waals surface area contributed by atoms with Gasteiger partial charge in [0, 0.05) is 15.8 Å². The molecule has 2 N–H and O–H groups in total. The fourth-order valence-electron chi connectivity index (χ4n) is 2.33. The van der Waals surface area contributed by atoms with E-state index in [1.807, 2.05) is 32.9 Å². The fourth-order valence-corrected chi connectivity index (χ4v) is 4.25. The number of nitrogens with zero attached hydrogens (tertiary/aromatic N) is 2. The molecule has 2 amide bonds. The van der Waals surface area contributed by atoms with Gasteiger partial charge in [-0.1, -0.05) is 29.5 Å². The Hall–Kier alpha value is -2.45. The minimum Gasteiger partial charge on any atom is -0.272 e. The van der Waals surface area contributed by atoms with Crippen molar-refractivity contribution in [1.29, 1.82) is 0 Å². The molecule has 0 atom stereocenters. The van der Waals surface area contributed by atoms with Crippen molar-refractivity contribution >= 4 is 45.1 Å². The zero-order valence-electron chi connectivity index (χ0n) is 14.6. The van der Waals surface area contributed by atoms with Crippen molar-refractivity contribution in [3.05, 3.63) is 52.2 Å². The number of amides is 2. The first-order valence-corrected chi connectivity index (χ1v) is 9.75. The van der Waals surface area contributed by atoms with Gasteiger partial charge in [-0.2, -0.15) is 0 Å². The fraction of sp³-hybridized carbons (Fsp3) is 0.222. The summed E-state index contributed by atoms with van der Waals surface area (Å²) in [6.45, 7) is 6.02. The van der Waals surface area contributed by atoms with Gasteiger partial charge in [-0.25, -0.2) is 9.97 Å². The summed E-state index contributed by atoms with van der Waals surface area (Å²) in [4.78, 5) is 34.7. The van der Waals surface area contributed by atoms with Crippen molar-refractivity contribution in [2.75, 3.05) is 5.75 Å². The number of rotatable bonds is 4. The largest absolute Gasteiger partial charge is 0.272 e. The Morgan fingerprint density at radius 1 is 1.08 bits per heavy atom. The summed E-state index contributed by atoms with van der Waals surface area (Å²) in [6.07, 6.45) is 1.51. The van der Waals surface area contributed by atoms with Crippen LogP contribution in [0.1, 0.15) is 26.4 Å². The van der Waals surface area contributed by atoms with Crippen LogP contribution in [-0.2, 0) is 4.79 Å². The highest BCUT2D eigenvalue weighted by Gasteiger charge is 2.14. The minimum atomic E-state index is -0.350. The first kappa shape index (κ1) is 18.3. The zero-order valence-corrected chi connectivity index (χ0v) is 16.3. The standard InChI is InChI=1S/C18H18N4O2S2/c1-10-4-6-13(7-5-10)16(24)22-21-14(23)8-25-17-15-11(2)12(3)26-18(15)20-9-19-17/h4-7,9H,8H2,1-3H3,(H,21,23)(H,22,24). The first-order valence-electron chi connectivity index (χ1n) is 7.95. The Morgan fingerprint density at radius 3 is 2.54 bits per heavy atom. The van der Waals surface area contributed by atoms with Crippen LogP contribution in [0.5, 0.6) is 0 Å². The van der Waals surface area contributed by atoms with E-state index in [4.69, 9.17) is 0 Å². The normalized spacial score (nSPS) is 10.7. The number of carbonyl (C=O) groups is 2. The lowest BCUT2D eigenvalue weighted by Crippen LogP contribution is -2.42. The molecule has 3 rings (SSSR count). The summed E-state index contributed by atoms with van der Waals surface area (Å²) in [5, 5.41) is 1.77. The maximum Gasteiger partial charge on any atom is 0.269 e. The van der Waals surface area contributed by atoms with Gasteiger partial charge in [0.1, 0.15) is 16.2 Å². The van der Waals surface area contributed by atoms with Gasteiger partial charge >= 0.3 is 0 Å². The van der Waals surface area contributed by atoms with E-state index in [0.29, 0.717) is 5.56 Å². The van der Waals surface area contributed by atoms with Gasteiger partial charge in [-0.05, 0) is 38.5 Å². The maximum absolute atomic E-state index is 12.0. The number of fused-ring (bicyclic) bond motifs is 1. The highest BCUT2D eigenvalue weighted by Crippen LogP contribution is 2.34. The smallest absolute Gasteiger partial charge is 0.269 e. The van der Waals surface area contributed by atoms with E-state index >= 15 is 0 Å². The Kier molecular flexibility index (Phi) is 5.53. The van der Waals surface area contributed by atoms with Gasteiger partial charge in [0.05, 0.1) is 5.75 Å². The summed E-state index contributed by atoms with van der Waals surface area (Å²) in [5.41, 5.74) is 7.56. The van der Waals surface area contributed by atoms with Gasteiger partial charge in [0.25, 0.3) is 5.91 Å². The topological polar surface area (TPSA) is 84.0 Å². The predicted octanol–water partition coefficient (Wildman–Crippen LogP) is 3.17. The number of benzene rings is 1. The molecule has 2 heterocycles. The highest BCUT2D eigenvalue weighted by atomic mass is 32.2. The van der Waals surface area contributed by atoms with Crippen LogP contribution in [0.25, 0.3) is 10.2 Å². The summed E-state index contributed by atoms with van der Waals surface area (Å²) in [5.74, 6) is -0.502. The third kappa shape index (κ3) is 4.03. The molecular formula is C18H18N4O2S2. The molecule has 0 spiro atoms. The second kappa shape index (κ2) is 7.84. The predicted molar refractivity (Wildman–Crippen MR) is 104 cm³/mol. The Balaban J connectivity index is 1.58. The third-order valence-corrected chi connectivity index (χ3v) is 6.00. The molecule has 0 aliphatic rings. The van der Waals surface area contributed by atoms with E-state index in [0.717, 1.165) is 26.4 Å². The van der Waals surface area contributed by atoms with Gasteiger partial charge in [-0.15, -0.1) is 11.3 Å². The number of aromatic nitrogens is 2. The van der Waals surface area contributed by atoms with Crippen LogP contribution in [-0.4, -0.2) is 27.5 Å². The van der Waals surface area contributed by atoms with Crippen molar-refractivity contribution in [2.45, 2.75) is 25.8 Å². The van der Waals surface area contributed by atoms with Crippen molar-refractivity contribution in [2.24, 2.45) is 0 Å². The number of carbonyl (C=O) groups excluding carboxylic acids is 2. The van der Waals surface area contributed by atoms with Gasteiger partial charge in [0.15, 0.2) is 0 Å². The van der Waals surface area contributed by atoms with E-state index in [-0.39, 0.29) is 17.6 Å². The van der Waals surface area contributed by atoms with E-state index in [1.165, 1.54) is 23.0 Å². The first-order chi connectivity index (χ1) is 12.5. The molecule has 0 saturated carbocycles. The Morgan fingerprint density at radius 2 is 1.81 bits per heavy atom. The molecule has 0 bridgehead atoms. The minimum absolute atomic E-state index is 0.147. The van der Waals surface area contributed by atoms with Crippen LogP contribution in [0.2, 0.25) is 0 Å². The number of aryl methyl sites for hydroxylation is 3. The van der Waals surface area contributed by atoms with E-state index < -0.39 is 0 Å². The number of hydrazine groups is 1. The second-order valence-electron chi connectivity index (χ2n) is 5.80. The van der Waals surface area contributed by atoms with Crippen molar-refractivity contribution in [1.82, 2.24) is 20.8 Å². The quantitative estimate of drug-likeness (QED) is 0.409. The molecule has 0 unspecified atom stereocenters. The number of hydrogen-bond acceptors (Lipinski definition) is 6. The average molecular weight is 387 g/mol. The number of nitrogens with one attached hydrogen (secondary N) is 2. The van der Waals surface area contributed by atoms with Gasteiger partial charge in [0.2, 0.25) is 5.91 Å². The summed E-state index contributed by atoms with van der Waals surface area (Å²) in [7, 11) is 0. The molecule has 8 heteroatoms. The molecule has 0 aliphatic carbocycles. The second-order valence-corrected chi connectivity index (χ2v) is 7.97. The van der Waals surface area contributed by atoms with Crippen LogP contribution < -0.4 is 10.9 Å². The molecule has 0 aliphatic heterocycles. The SMILES string of the molecule is Cc1ccc(C(=O)NNC(=O)CSc2ncnc3sc(C)c(C)c23)cc1. The van der Waals surface area contributed by atoms with Crippen LogP contribution >= 0.6 is 23.1 Å². The molecule has 134 valence electrons. The lowest BCUT2D eigenvalue weighted by molar-refractivity contribution is -0.119. The highest BCUT2D eigenvalue weighted by molar-refractivity contribution is 8.00. The molecule has 3 aromatic rings. The summed E-state index contributed by atoms with van der Waals surface area (Å²) >= 11 is 2.95. The van der Waals surface area contributed by atoms with Crippen LogP contribution in [0.15, 0.2) is 35.6 Å². The number of thioether (sulfide) groups is 1.